The fraction of sp³-hybridized carbons (Fsp3) is 0.611. The smallest absolute Gasteiger partial charge is 0.254 e. The standard InChI is InChI=1S/C18H27FN4O/c1-3-21-8-10-22(11-9-21)17-5-4-15(12-16(17)19)18(24)23-7-6-20-14(2)13-23/h4-5,12,14,20H,3,6-11,13H2,1-2H3. The second kappa shape index (κ2) is 7.49. The maximum absolute atomic E-state index is 14.6. The molecule has 5 nitrogen and oxygen atoms in total. The van der Waals surface area contributed by atoms with Crippen LogP contribution in [0.15, 0.2) is 18.2 Å². The molecular formula is C18H27FN4O. The highest BCUT2D eigenvalue weighted by molar-refractivity contribution is 5.94. The fourth-order valence-corrected chi connectivity index (χ4v) is 3.50. The maximum atomic E-state index is 14.6. The summed E-state index contributed by atoms with van der Waals surface area (Å²) in [5.74, 6) is -0.376. The van der Waals surface area contributed by atoms with Gasteiger partial charge in [0.1, 0.15) is 5.82 Å². The van der Waals surface area contributed by atoms with Crippen molar-refractivity contribution in [2.75, 3.05) is 57.3 Å². The van der Waals surface area contributed by atoms with E-state index in [-0.39, 0.29) is 17.8 Å². The number of hydrogen-bond donors (Lipinski definition) is 1. The molecule has 0 aromatic heterocycles. The molecule has 24 heavy (non-hydrogen) atoms. The number of carbonyl (C=O) groups excluding carboxylic acids is 1. The fourth-order valence-electron chi connectivity index (χ4n) is 3.50. The molecule has 0 aliphatic carbocycles. The van der Waals surface area contributed by atoms with Crippen molar-refractivity contribution >= 4 is 11.6 Å². The number of nitrogens with one attached hydrogen (secondary N) is 1. The van der Waals surface area contributed by atoms with Crippen LogP contribution in [0.3, 0.4) is 0 Å². The normalized spacial score (nSPS) is 22.7. The van der Waals surface area contributed by atoms with E-state index in [1.807, 2.05) is 0 Å². The first-order valence-corrected chi connectivity index (χ1v) is 8.88. The molecule has 132 valence electrons. The molecule has 2 aliphatic heterocycles. The highest BCUT2D eigenvalue weighted by atomic mass is 19.1. The van der Waals surface area contributed by atoms with Crippen LogP contribution in [-0.4, -0.2) is 74.1 Å². The van der Waals surface area contributed by atoms with Crippen molar-refractivity contribution in [2.24, 2.45) is 0 Å². The Kier molecular flexibility index (Phi) is 5.36. The summed E-state index contributed by atoms with van der Waals surface area (Å²) in [5, 5.41) is 3.31. The summed E-state index contributed by atoms with van der Waals surface area (Å²) in [4.78, 5) is 18.8. The third kappa shape index (κ3) is 3.70. The van der Waals surface area contributed by atoms with Gasteiger partial charge in [0.25, 0.3) is 5.91 Å². The highest BCUT2D eigenvalue weighted by Crippen LogP contribution is 2.23. The average molecular weight is 334 g/mol. The van der Waals surface area contributed by atoms with Crippen molar-refractivity contribution < 1.29 is 9.18 Å². The third-order valence-electron chi connectivity index (χ3n) is 5.01. The van der Waals surface area contributed by atoms with Crippen LogP contribution in [-0.2, 0) is 0 Å². The van der Waals surface area contributed by atoms with Gasteiger partial charge in [-0.1, -0.05) is 6.92 Å². The van der Waals surface area contributed by atoms with E-state index in [0.29, 0.717) is 24.3 Å². The molecule has 1 amide bonds. The van der Waals surface area contributed by atoms with E-state index in [1.165, 1.54) is 6.07 Å². The molecular weight excluding hydrogens is 307 g/mol. The van der Waals surface area contributed by atoms with Gasteiger partial charge in [-0.3, -0.25) is 4.79 Å². The number of carbonyl (C=O) groups is 1. The number of halogens is 1. The first kappa shape index (κ1) is 17.2. The van der Waals surface area contributed by atoms with Gasteiger partial charge < -0.3 is 20.0 Å². The van der Waals surface area contributed by atoms with E-state index in [9.17, 15) is 9.18 Å². The molecule has 1 atom stereocenters. The van der Waals surface area contributed by atoms with Gasteiger partial charge in [-0.05, 0) is 31.7 Å². The van der Waals surface area contributed by atoms with Gasteiger partial charge in [0.05, 0.1) is 5.69 Å². The number of nitrogens with zero attached hydrogens (tertiary/aromatic N) is 3. The van der Waals surface area contributed by atoms with Crippen LogP contribution in [0.4, 0.5) is 10.1 Å². The molecule has 2 saturated heterocycles. The largest absolute Gasteiger partial charge is 0.367 e. The van der Waals surface area contributed by atoms with Gasteiger partial charge in [-0.2, -0.15) is 0 Å². The lowest BCUT2D eigenvalue weighted by atomic mass is 10.1. The zero-order chi connectivity index (χ0) is 17.1. The number of rotatable bonds is 3. The molecule has 1 unspecified atom stereocenters. The summed E-state index contributed by atoms with van der Waals surface area (Å²) in [6.07, 6.45) is 0. The Hall–Kier alpha value is -1.66. The summed E-state index contributed by atoms with van der Waals surface area (Å²) in [6, 6.07) is 5.20. The van der Waals surface area contributed by atoms with Crippen molar-refractivity contribution in [1.82, 2.24) is 15.1 Å². The molecule has 1 N–H and O–H groups in total. The summed E-state index contributed by atoms with van der Waals surface area (Å²) in [5.41, 5.74) is 1.05. The molecule has 2 fully saturated rings. The Balaban J connectivity index is 1.69. The highest BCUT2D eigenvalue weighted by Gasteiger charge is 2.24. The summed E-state index contributed by atoms with van der Waals surface area (Å²) in [7, 11) is 0. The number of likely N-dealkylation sites (N-methyl/N-ethyl adjacent to an activating group) is 1. The van der Waals surface area contributed by atoms with Crippen LogP contribution in [0, 0.1) is 5.82 Å². The molecule has 1 aromatic carbocycles. The van der Waals surface area contributed by atoms with Gasteiger partial charge in [0.2, 0.25) is 0 Å². The zero-order valence-corrected chi connectivity index (χ0v) is 14.6. The van der Waals surface area contributed by atoms with Crippen molar-refractivity contribution in [1.29, 1.82) is 0 Å². The summed E-state index contributed by atoms with van der Waals surface area (Å²) >= 11 is 0. The van der Waals surface area contributed by atoms with Crippen molar-refractivity contribution in [3.63, 3.8) is 0 Å². The SMILES string of the molecule is CCN1CCN(c2ccc(C(=O)N3CCNC(C)C3)cc2F)CC1. The zero-order valence-electron chi connectivity index (χ0n) is 14.6. The Bertz CT molecular complexity index is 586. The molecule has 0 radical (unpaired) electrons. The first-order chi connectivity index (χ1) is 11.6. The van der Waals surface area contributed by atoms with Gasteiger partial charge in [-0.25, -0.2) is 4.39 Å². The Morgan fingerprint density at radius 3 is 2.62 bits per heavy atom. The Morgan fingerprint density at radius 2 is 2.00 bits per heavy atom. The van der Waals surface area contributed by atoms with Crippen LogP contribution < -0.4 is 10.2 Å². The topological polar surface area (TPSA) is 38.8 Å². The minimum Gasteiger partial charge on any atom is -0.367 e. The minimum absolute atomic E-state index is 0.0791. The van der Waals surface area contributed by atoms with Gasteiger partial charge >= 0.3 is 0 Å². The average Bonchev–Trinajstić information content (AvgIpc) is 2.61. The summed E-state index contributed by atoms with van der Waals surface area (Å²) < 4.78 is 14.6. The van der Waals surface area contributed by atoms with Gasteiger partial charge in [0.15, 0.2) is 0 Å². The van der Waals surface area contributed by atoms with E-state index in [1.54, 1.807) is 17.0 Å². The Morgan fingerprint density at radius 1 is 1.25 bits per heavy atom. The lowest BCUT2D eigenvalue weighted by Crippen LogP contribution is -2.51. The predicted octanol–water partition coefficient (Wildman–Crippen LogP) is 1.40. The molecule has 2 heterocycles. The molecule has 2 aliphatic rings. The number of benzene rings is 1. The molecule has 0 spiro atoms. The van der Waals surface area contributed by atoms with E-state index in [4.69, 9.17) is 0 Å². The number of hydrogen-bond acceptors (Lipinski definition) is 4. The van der Waals surface area contributed by atoms with Crippen molar-refractivity contribution in [3.8, 4) is 0 Å². The number of piperazine rings is 2. The second-order valence-electron chi connectivity index (χ2n) is 6.69. The molecule has 1 aromatic rings. The minimum atomic E-state index is -0.297. The van der Waals surface area contributed by atoms with Crippen LogP contribution in [0.1, 0.15) is 24.2 Å². The van der Waals surface area contributed by atoms with Gasteiger partial charge in [0, 0.05) is 57.4 Å². The van der Waals surface area contributed by atoms with Crippen LogP contribution in [0.2, 0.25) is 0 Å². The molecule has 0 saturated carbocycles. The Labute approximate surface area is 143 Å². The third-order valence-corrected chi connectivity index (χ3v) is 5.01. The second-order valence-corrected chi connectivity index (χ2v) is 6.69. The van der Waals surface area contributed by atoms with Crippen LogP contribution in [0.5, 0.6) is 0 Å². The van der Waals surface area contributed by atoms with E-state index in [2.05, 4.69) is 29.0 Å². The molecule has 3 rings (SSSR count). The lowest BCUT2D eigenvalue weighted by molar-refractivity contribution is 0.0708. The molecule has 6 heteroatoms. The van der Waals surface area contributed by atoms with E-state index < -0.39 is 0 Å². The molecule has 0 bridgehead atoms. The van der Waals surface area contributed by atoms with Crippen LogP contribution in [0.25, 0.3) is 0 Å². The van der Waals surface area contributed by atoms with E-state index >= 15 is 0 Å². The lowest BCUT2D eigenvalue weighted by Gasteiger charge is -2.36. The van der Waals surface area contributed by atoms with Crippen LogP contribution >= 0.6 is 0 Å². The van der Waals surface area contributed by atoms with Crippen molar-refractivity contribution in [3.05, 3.63) is 29.6 Å². The number of anilines is 1. The monoisotopic (exact) mass is 334 g/mol. The number of amides is 1. The van der Waals surface area contributed by atoms with E-state index in [0.717, 1.165) is 39.3 Å². The van der Waals surface area contributed by atoms with Crippen molar-refractivity contribution in [2.45, 2.75) is 19.9 Å². The van der Waals surface area contributed by atoms with Gasteiger partial charge in [-0.15, -0.1) is 0 Å². The summed E-state index contributed by atoms with van der Waals surface area (Å²) in [6.45, 7) is 10.9. The maximum Gasteiger partial charge on any atom is 0.254 e. The quantitative estimate of drug-likeness (QED) is 0.907. The predicted molar refractivity (Wildman–Crippen MR) is 94.1 cm³/mol. The first-order valence-electron chi connectivity index (χ1n) is 8.88.